The summed E-state index contributed by atoms with van der Waals surface area (Å²) in [6.45, 7) is 10.7. The van der Waals surface area contributed by atoms with Gasteiger partial charge in [-0.15, -0.1) is 0 Å². The first kappa shape index (κ1) is 26.1. The van der Waals surface area contributed by atoms with Crippen LogP contribution in [0.3, 0.4) is 0 Å². The lowest BCUT2D eigenvalue weighted by Crippen LogP contribution is -2.28. The van der Waals surface area contributed by atoms with Crippen LogP contribution in [0.15, 0.2) is 0 Å². The van der Waals surface area contributed by atoms with Crippen molar-refractivity contribution in [2.45, 2.75) is 73.0 Å². The predicted molar refractivity (Wildman–Crippen MR) is 94.8 cm³/mol. The predicted octanol–water partition coefficient (Wildman–Crippen LogP) is 1.67. The minimum absolute atomic E-state index is 0.110. The molecule has 0 saturated carbocycles. The fraction of sp³-hybridized carbons (Fsp3) is 0.889. The smallest absolute Gasteiger partial charge is 0.311 e. The van der Waals surface area contributed by atoms with Crippen LogP contribution in [0.1, 0.15) is 60.8 Å². The Morgan fingerprint density at radius 3 is 1.88 bits per heavy atom. The average Bonchev–Trinajstić information content (AvgIpc) is 2.62. The summed E-state index contributed by atoms with van der Waals surface area (Å²) in [5, 5.41) is 26.4. The number of carbonyl (C=O) groups excluding carboxylic acids is 2. The number of hydrogen-bond donors (Lipinski definition) is 3. The van der Waals surface area contributed by atoms with Crippen molar-refractivity contribution in [2.24, 2.45) is 11.3 Å². The lowest BCUT2D eigenvalue weighted by molar-refractivity contribution is -0.157. The van der Waals surface area contributed by atoms with Gasteiger partial charge in [-0.2, -0.15) is 0 Å². The number of aliphatic hydroxyl groups excluding tert-OH is 3. The third kappa shape index (κ3) is 12.8. The van der Waals surface area contributed by atoms with Gasteiger partial charge in [0, 0.05) is 0 Å². The third-order valence-electron chi connectivity index (χ3n) is 3.96. The zero-order valence-electron chi connectivity index (χ0n) is 16.4. The lowest BCUT2D eigenvalue weighted by atomic mass is 9.91. The molecule has 0 spiro atoms. The van der Waals surface area contributed by atoms with Crippen LogP contribution in [0, 0.1) is 11.3 Å². The molecule has 3 unspecified atom stereocenters. The highest BCUT2D eigenvalue weighted by molar-refractivity contribution is 5.75. The summed E-state index contributed by atoms with van der Waals surface area (Å²) in [6, 6.07) is 0. The van der Waals surface area contributed by atoms with Gasteiger partial charge in [-0.1, -0.05) is 27.7 Å². The van der Waals surface area contributed by atoms with Crippen molar-refractivity contribution >= 4 is 11.9 Å². The summed E-state index contributed by atoms with van der Waals surface area (Å²) < 4.78 is 9.66. The summed E-state index contributed by atoms with van der Waals surface area (Å²) in [6.07, 6.45) is 0.580. The normalized spacial score (nSPS) is 14.6. The molecular weight excluding hydrogens is 328 g/mol. The Kier molecular flexibility index (Phi) is 14.6. The number of ether oxygens (including phenoxy) is 2. The van der Waals surface area contributed by atoms with E-state index in [1.54, 1.807) is 6.92 Å². The summed E-state index contributed by atoms with van der Waals surface area (Å²) in [5.41, 5.74) is -0.437. The van der Waals surface area contributed by atoms with Gasteiger partial charge in [-0.25, -0.2) is 0 Å². The fourth-order valence-corrected chi connectivity index (χ4v) is 1.17. The van der Waals surface area contributed by atoms with Crippen molar-refractivity contribution < 1.29 is 34.4 Å². The Labute approximate surface area is 151 Å². The molecule has 0 fully saturated rings. The van der Waals surface area contributed by atoms with E-state index in [9.17, 15) is 9.59 Å². The molecule has 0 aromatic carbocycles. The number of carbonyl (C=O) groups is 2. The summed E-state index contributed by atoms with van der Waals surface area (Å²) >= 11 is 0. The van der Waals surface area contributed by atoms with Crippen LogP contribution in [0.5, 0.6) is 0 Å². The fourth-order valence-electron chi connectivity index (χ4n) is 1.17. The van der Waals surface area contributed by atoms with Crippen LogP contribution in [0.25, 0.3) is 0 Å². The molecular formula is C18H36O7. The van der Waals surface area contributed by atoms with E-state index < -0.39 is 17.6 Å². The molecule has 3 N–H and O–H groups in total. The van der Waals surface area contributed by atoms with E-state index in [2.05, 4.69) is 0 Å². The highest BCUT2D eigenvalue weighted by atomic mass is 16.5. The largest absolute Gasteiger partial charge is 0.463 e. The van der Waals surface area contributed by atoms with Crippen molar-refractivity contribution in [3.05, 3.63) is 0 Å². The van der Waals surface area contributed by atoms with Crippen molar-refractivity contribution in [1.29, 1.82) is 0 Å². The molecule has 0 aliphatic rings. The van der Waals surface area contributed by atoms with Crippen molar-refractivity contribution in [1.82, 2.24) is 0 Å². The second-order valence-electron chi connectivity index (χ2n) is 6.67. The molecule has 0 amide bonds. The number of aliphatic hydroxyl groups is 3. The molecule has 7 heteroatoms. The van der Waals surface area contributed by atoms with Crippen molar-refractivity contribution in [2.75, 3.05) is 19.8 Å². The topological polar surface area (TPSA) is 113 Å². The monoisotopic (exact) mass is 364 g/mol. The van der Waals surface area contributed by atoms with E-state index in [1.165, 1.54) is 0 Å². The molecule has 0 heterocycles. The lowest BCUT2D eigenvalue weighted by Gasteiger charge is -2.21. The van der Waals surface area contributed by atoms with Gasteiger partial charge in [0.1, 0.15) is 19.3 Å². The molecule has 0 rings (SSSR count). The van der Waals surface area contributed by atoms with E-state index >= 15 is 0 Å². The first-order valence-electron chi connectivity index (χ1n) is 8.86. The maximum Gasteiger partial charge on any atom is 0.311 e. The summed E-state index contributed by atoms with van der Waals surface area (Å²) in [4.78, 5) is 22.4. The molecule has 0 aliphatic carbocycles. The zero-order chi connectivity index (χ0) is 20.0. The molecule has 0 aromatic rings. The van der Waals surface area contributed by atoms with Crippen LogP contribution >= 0.6 is 0 Å². The quantitative estimate of drug-likeness (QED) is 0.505. The minimum atomic E-state index is -0.960. The van der Waals surface area contributed by atoms with E-state index in [4.69, 9.17) is 24.8 Å². The first-order valence-corrected chi connectivity index (χ1v) is 8.86. The molecule has 0 aromatic heterocycles. The van der Waals surface area contributed by atoms with E-state index in [0.29, 0.717) is 12.8 Å². The van der Waals surface area contributed by atoms with Gasteiger partial charge >= 0.3 is 11.9 Å². The Morgan fingerprint density at radius 2 is 1.48 bits per heavy atom. The molecule has 25 heavy (non-hydrogen) atoms. The van der Waals surface area contributed by atoms with Gasteiger partial charge in [0.25, 0.3) is 0 Å². The van der Waals surface area contributed by atoms with Gasteiger partial charge in [0.15, 0.2) is 0 Å². The SMILES string of the molecule is CCC(C)C(=O)OCC(O)CO.CCC(O)COC(=O)C(C)(C)CC. The Hall–Kier alpha value is -1.18. The Bertz CT molecular complexity index is 368. The first-order chi connectivity index (χ1) is 11.5. The van der Waals surface area contributed by atoms with Crippen molar-refractivity contribution in [3.8, 4) is 0 Å². The van der Waals surface area contributed by atoms with Gasteiger partial charge in [0.05, 0.1) is 24.0 Å². The summed E-state index contributed by atoms with van der Waals surface area (Å²) in [5.74, 6) is -0.705. The Morgan fingerprint density at radius 1 is 0.960 bits per heavy atom. The number of hydrogen-bond acceptors (Lipinski definition) is 7. The van der Waals surface area contributed by atoms with Gasteiger partial charge in [-0.05, 0) is 33.1 Å². The zero-order valence-corrected chi connectivity index (χ0v) is 16.4. The van der Waals surface area contributed by atoms with Crippen LogP contribution < -0.4 is 0 Å². The molecule has 0 aliphatic heterocycles. The maximum atomic E-state index is 11.4. The second-order valence-corrected chi connectivity index (χ2v) is 6.67. The molecule has 7 nitrogen and oxygen atoms in total. The van der Waals surface area contributed by atoms with Crippen LogP contribution in [0.4, 0.5) is 0 Å². The molecule has 0 saturated heterocycles. The standard InChI is InChI=1S/C10H20O3.C8H16O4/c1-5-8(11)7-13-9(12)10(3,4)6-2;1-3-6(2)8(11)12-5-7(10)4-9/h8,11H,5-7H2,1-4H3;6-7,9-10H,3-5H2,1-2H3. The molecule has 3 atom stereocenters. The maximum absolute atomic E-state index is 11.4. The Balaban J connectivity index is 0. The summed E-state index contributed by atoms with van der Waals surface area (Å²) in [7, 11) is 0. The van der Waals surface area contributed by atoms with Crippen LogP contribution in [0.2, 0.25) is 0 Å². The average molecular weight is 364 g/mol. The van der Waals surface area contributed by atoms with E-state index in [-0.39, 0.29) is 37.7 Å². The number of esters is 2. The van der Waals surface area contributed by atoms with Gasteiger partial charge < -0.3 is 24.8 Å². The van der Waals surface area contributed by atoms with Gasteiger partial charge in [0.2, 0.25) is 0 Å². The second kappa shape index (κ2) is 14.0. The highest BCUT2D eigenvalue weighted by Gasteiger charge is 2.27. The van der Waals surface area contributed by atoms with Crippen molar-refractivity contribution in [3.63, 3.8) is 0 Å². The molecule has 0 bridgehead atoms. The highest BCUT2D eigenvalue weighted by Crippen LogP contribution is 2.21. The molecule has 0 radical (unpaired) electrons. The van der Waals surface area contributed by atoms with Gasteiger partial charge in [-0.3, -0.25) is 9.59 Å². The molecule has 150 valence electrons. The van der Waals surface area contributed by atoms with Crippen LogP contribution in [-0.4, -0.2) is 59.3 Å². The third-order valence-corrected chi connectivity index (χ3v) is 3.96. The number of rotatable bonds is 10. The minimum Gasteiger partial charge on any atom is -0.463 e. The van der Waals surface area contributed by atoms with E-state index in [0.717, 1.165) is 6.42 Å². The van der Waals surface area contributed by atoms with Crippen LogP contribution in [-0.2, 0) is 19.1 Å². The van der Waals surface area contributed by atoms with E-state index in [1.807, 2.05) is 34.6 Å².